The van der Waals surface area contributed by atoms with Gasteiger partial charge in [0, 0.05) is 17.6 Å². The van der Waals surface area contributed by atoms with Crippen LogP contribution in [-0.4, -0.2) is 43.8 Å². The number of nitrogens with one attached hydrogen (secondary N) is 1. The van der Waals surface area contributed by atoms with Crippen molar-refractivity contribution < 1.29 is 18.0 Å². The molecule has 224 valence electrons. The number of benzene rings is 3. The minimum atomic E-state index is -4.10. The fourth-order valence-electron chi connectivity index (χ4n) is 5.26. The van der Waals surface area contributed by atoms with E-state index in [0.717, 1.165) is 47.5 Å². The van der Waals surface area contributed by atoms with Crippen LogP contribution < -0.4 is 9.62 Å². The summed E-state index contributed by atoms with van der Waals surface area (Å²) < 4.78 is 29.0. The predicted octanol–water partition coefficient (Wildman–Crippen LogP) is 6.52. The van der Waals surface area contributed by atoms with Crippen LogP contribution in [0.15, 0.2) is 83.8 Å². The van der Waals surface area contributed by atoms with Crippen LogP contribution in [-0.2, 0) is 26.2 Å². The molecular formula is C33H40ClN3O4S. The summed E-state index contributed by atoms with van der Waals surface area (Å²) in [5.41, 5.74) is 2.17. The van der Waals surface area contributed by atoms with Gasteiger partial charge in [-0.3, -0.25) is 13.9 Å². The van der Waals surface area contributed by atoms with Crippen LogP contribution in [0.5, 0.6) is 0 Å². The highest BCUT2D eigenvalue weighted by Crippen LogP contribution is 2.27. The first-order valence-corrected chi connectivity index (χ1v) is 16.4. The van der Waals surface area contributed by atoms with Gasteiger partial charge >= 0.3 is 0 Å². The lowest BCUT2D eigenvalue weighted by Crippen LogP contribution is -2.53. The van der Waals surface area contributed by atoms with E-state index < -0.39 is 28.5 Å². The Balaban J connectivity index is 1.68. The lowest BCUT2D eigenvalue weighted by atomic mass is 9.95. The van der Waals surface area contributed by atoms with E-state index in [1.54, 1.807) is 55.5 Å². The molecule has 7 nitrogen and oxygen atoms in total. The molecule has 0 aliphatic heterocycles. The molecule has 42 heavy (non-hydrogen) atoms. The average Bonchev–Trinajstić information content (AvgIpc) is 2.99. The molecule has 9 heteroatoms. The Kier molecular flexibility index (Phi) is 10.7. The molecule has 1 aliphatic rings. The first-order chi connectivity index (χ1) is 20.1. The van der Waals surface area contributed by atoms with Crippen molar-refractivity contribution in [2.24, 2.45) is 0 Å². The van der Waals surface area contributed by atoms with E-state index in [1.165, 1.54) is 17.0 Å². The van der Waals surface area contributed by atoms with Crippen molar-refractivity contribution in [3.63, 3.8) is 0 Å². The number of carbonyl (C=O) groups excluding carboxylic acids is 2. The van der Waals surface area contributed by atoms with Gasteiger partial charge in [0.1, 0.15) is 12.6 Å². The number of anilines is 1. The zero-order valence-electron chi connectivity index (χ0n) is 24.5. The topological polar surface area (TPSA) is 86.8 Å². The van der Waals surface area contributed by atoms with Crippen molar-refractivity contribution in [2.75, 3.05) is 10.8 Å². The molecule has 1 saturated carbocycles. The Morgan fingerprint density at radius 1 is 0.905 bits per heavy atom. The van der Waals surface area contributed by atoms with E-state index in [0.29, 0.717) is 10.7 Å². The molecule has 0 heterocycles. The molecule has 0 radical (unpaired) electrons. The molecule has 1 aliphatic carbocycles. The van der Waals surface area contributed by atoms with Crippen molar-refractivity contribution in [1.82, 2.24) is 10.2 Å². The number of halogens is 1. The van der Waals surface area contributed by atoms with Gasteiger partial charge in [-0.2, -0.15) is 0 Å². The molecule has 0 bridgehead atoms. The fraction of sp³-hybridized carbons (Fsp3) is 0.394. The van der Waals surface area contributed by atoms with E-state index in [9.17, 15) is 18.0 Å². The van der Waals surface area contributed by atoms with E-state index in [1.807, 2.05) is 18.2 Å². The van der Waals surface area contributed by atoms with Crippen molar-refractivity contribution in [3.8, 4) is 0 Å². The van der Waals surface area contributed by atoms with Crippen LogP contribution in [0.4, 0.5) is 5.69 Å². The highest BCUT2D eigenvalue weighted by molar-refractivity contribution is 7.92. The van der Waals surface area contributed by atoms with Crippen LogP contribution in [0.1, 0.15) is 69.9 Å². The Hall–Kier alpha value is -3.36. The van der Waals surface area contributed by atoms with Gasteiger partial charge in [-0.25, -0.2) is 8.42 Å². The number of hydrogen-bond acceptors (Lipinski definition) is 4. The van der Waals surface area contributed by atoms with E-state index in [2.05, 4.69) is 19.2 Å². The smallest absolute Gasteiger partial charge is 0.264 e. The number of rotatable bonds is 11. The van der Waals surface area contributed by atoms with E-state index >= 15 is 0 Å². The number of nitrogens with zero attached hydrogens (tertiary/aromatic N) is 2. The lowest BCUT2D eigenvalue weighted by Gasteiger charge is -2.33. The second kappa shape index (κ2) is 14.2. The summed E-state index contributed by atoms with van der Waals surface area (Å²) in [6, 6.07) is 21.6. The maximum Gasteiger partial charge on any atom is 0.264 e. The SMILES string of the molecule is CC(C)c1ccc(N(CC(=O)N(Cc2cccc(Cl)c2)[C@H](C)C(=O)NC2CCCCC2)S(=O)(=O)c2ccccc2)cc1. The zero-order chi connectivity index (χ0) is 30.3. The minimum Gasteiger partial charge on any atom is -0.352 e. The second-order valence-corrected chi connectivity index (χ2v) is 13.5. The summed E-state index contributed by atoms with van der Waals surface area (Å²) in [6.45, 7) is 5.44. The number of carbonyl (C=O) groups is 2. The molecule has 3 aromatic carbocycles. The van der Waals surface area contributed by atoms with Crippen LogP contribution in [0, 0.1) is 0 Å². The molecule has 0 spiro atoms. The Bertz CT molecular complexity index is 1460. The Morgan fingerprint density at radius 2 is 1.57 bits per heavy atom. The standard InChI is InChI=1S/C33H40ClN3O4S/c1-24(2)27-17-19-30(20-18-27)37(42(40,41)31-15-8-5-9-16-31)23-32(38)36(22-26-11-10-12-28(34)21-26)25(3)33(39)35-29-13-6-4-7-14-29/h5,8-12,15-21,24-25,29H,4,6-7,13-14,22-23H2,1-3H3,(H,35,39)/t25-/m1/s1. The first kappa shape index (κ1) is 31.6. The zero-order valence-corrected chi connectivity index (χ0v) is 26.1. The predicted molar refractivity (Wildman–Crippen MR) is 168 cm³/mol. The van der Waals surface area contributed by atoms with Crippen molar-refractivity contribution >= 4 is 39.1 Å². The Morgan fingerprint density at radius 3 is 2.19 bits per heavy atom. The highest BCUT2D eigenvalue weighted by atomic mass is 35.5. The van der Waals surface area contributed by atoms with Crippen molar-refractivity contribution in [2.45, 2.75) is 82.3 Å². The van der Waals surface area contributed by atoms with Gasteiger partial charge in [-0.1, -0.05) is 87.2 Å². The van der Waals surface area contributed by atoms with Crippen LogP contribution in [0.2, 0.25) is 5.02 Å². The van der Waals surface area contributed by atoms with E-state index in [-0.39, 0.29) is 29.3 Å². The third-order valence-corrected chi connectivity index (χ3v) is 9.84. The second-order valence-electron chi connectivity index (χ2n) is 11.2. The third-order valence-electron chi connectivity index (χ3n) is 7.82. The molecule has 2 amide bonds. The van der Waals surface area contributed by atoms with Crippen molar-refractivity contribution in [3.05, 3.63) is 95.0 Å². The lowest BCUT2D eigenvalue weighted by molar-refractivity contribution is -0.139. The first-order valence-electron chi connectivity index (χ1n) is 14.6. The molecule has 1 N–H and O–H groups in total. The summed E-state index contributed by atoms with van der Waals surface area (Å²) in [5.74, 6) is -0.485. The molecule has 0 aromatic heterocycles. The van der Waals surface area contributed by atoms with Crippen molar-refractivity contribution in [1.29, 1.82) is 0 Å². The Labute approximate surface area is 254 Å². The van der Waals surface area contributed by atoms with Crippen LogP contribution >= 0.6 is 11.6 Å². The quantitative estimate of drug-likeness (QED) is 0.268. The molecular weight excluding hydrogens is 570 g/mol. The van der Waals surface area contributed by atoms with Gasteiger partial charge in [0.05, 0.1) is 10.6 Å². The molecule has 0 saturated heterocycles. The van der Waals surface area contributed by atoms with Gasteiger partial charge in [0.25, 0.3) is 10.0 Å². The number of amides is 2. The maximum atomic E-state index is 14.1. The summed E-state index contributed by atoms with van der Waals surface area (Å²) >= 11 is 6.24. The fourth-order valence-corrected chi connectivity index (χ4v) is 6.91. The summed E-state index contributed by atoms with van der Waals surface area (Å²) in [4.78, 5) is 29.1. The highest BCUT2D eigenvalue weighted by Gasteiger charge is 2.33. The molecule has 1 atom stereocenters. The van der Waals surface area contributed by atoms with Crippen LogP contribution in [0.25, 0.3) is 0 Å². The molecule has 4 rings (SSSR count). The molecule has 3 aromatic rings. The number of hydrogen-bond donors (Lipinski definition) is 1. The minimum absolute atomic E-state index is 0.0752. The third kappa shape index (κ3) is 7.92. The van der Waals surface area contributed by atoms with Gasteiger partial charge in [-0.15, -0.1) is 0 Å². The largest absolute Gasteiger partial charge is 0.352 e. The summed E-state index contributed by atoms with van der Waals surface area (Å²) in [5, 5.41) is 3.63. The number of sulfonamides is 1. The maximum absolute atomic E-state index is 14.1. The molecule has 0 unspecified atom stereocenters. The summed E-state index contributed by atoms with van der Waals surface area (Å²) in [7, 11) is -4.10. The normalized spacial score (nSPS) is 14.8. The van der Waals surface area contributed by atoms with Gasteiger partial charge in [0.15, 0.2) is 0 Å². The van der Waals surface area contributed by atoms with Crippen LogP contribution in [0.3, 0.4) is 0 Å². The van der Waals surface area contributed by atoms with Gasteiger partial charge in [0.2, 0.25) is 11.8 Å². The molecule has 1 fully saturated rings. The summed E-state index contributed by atoms with van der Waals surface area (Å²) in [6.07, 6.45) is 5.11. The van der Waals surface area contributed by atoms with Gasteiger partial charge in [-0.05, 0) is 73.2 Å². The van der Waals surface area contributed by atoms with E-state index in [4.69, 9.17) is 11.6 Å². The monoisotopic (exact) mass is 609 g/mol. The average molecular weight is 610 g/mol. The van der Waals surface area contributed by atoms with Gasteiger partial charge < -0.3 is 10.2 Å².